The van der Waals surface area contributed by atoms with E-state index < -0.39 is 40.9 Å². The van der Waals surface area contributed by atoms with E-state index in [4.69, 9.17) is 13.6 Å². The number of alkyl halides is 3. The topological polar surface area (TPSA) is 111 Å². The number of furan rings is 1. The fourth-order valence-electron chi connectivity index (χ4n) is 3.30. The van der Waals surface area contributed by atoms with E-state index in [9.17, 15) is 27.6 Å². The second-order valence-corrected chi connectivity index (χ2v) is 6.33. The van der Waals surface area contributed by atoms with Crippen LogP contribution in [0.1, 0.15) is 18.5 Å². The normalized spacial score (nSPS) is 17.2. The van der Waals surface area contributed by atoms with Gasteiger partial charge >= 0.3 is 18.2 Å². The lowest BCUT2D eigenvalue weighted by molar-refractivity contribution is -0.140. The number of urea groups is 1. The average molecular weight is 422 g/mol. The molecule has 0 radical (unpaired) electrons. The van der Waals surface area contributed by atoms with Crippen LogP contribution in [0, 0.1) is 0 Å². The lowest BCUT2D eigenvalue weighted by Gasteiger charge is -2.29. The number of amides is 2. The van der Waals surface area contributed by atoms with E-state index in [1.54, 1.807) is 11.4 Å². The van der Waals surface area contributed by atoms with Crippen molar-refractivity contribution >= 4 is 33.9 Å². The average Bonchev–Trinajstić information content (AvgIpc) is 3.16. The third kappa shape index (κ3) is 3.08. The Labute approximate surface area is 165 Å². The first-order valence-corrected chi connectivity index (χ1v) is 8.70. The third-order valence-corrected chi connectivity index (χ3v) is 4.56. The molecule has 3 heterocycles. The molecule has 156 valence electrons. The van der Waals surface area contributed by atoms with Gasteiger partial charge in [0.15, 0.2) is 5.43 Å². The van der Waals surface area contributed by atoms with Crippen LogP contribution in [0.15, 0.2) is 55.6 Å². The molecular formula is C19H13F3N2O6. The summed E-state index contributed by atoms with van der Waals surface area (Å²) < 4.78 is 56.1. The van der Waals surface area contributed by atoms with Gasteiger partial charge in [-0.15, -0.1) is 0 Å². The molecule has 1 aliphatic rings. The molecule has 1 aromatic carbocycles. The Kier molecular flexibility index (Phi) is 4.52. The van der Waals surface area contributed by atoms with Gasteiger partial charge in [0.25, 0.3) is 0 Å². The van der Waals surface area contributed by atoms with Gasteiger partial charge in [0, 0.05) is 0 Å². The molecular weight excluding hydrogens is 409 g/mol. The van der Waals surface area contributed by atoms with Crippen molar-refractivity contribution in [2.45, 2.75) is 19.1 Å². The molecule has 1 atom stereocenters. The Morgan fingerprint density at radius 1 is 1.17 bits per heavy atom. The van der Waals surface area contributed by atoms with Gasteiger partial charge in [-0.25, -0.2) is 9.59 Å². The van der Waals surface area contributed by atoms with Crippen LogP contribution >= 0.6 is 0 Å². The summed E-state index contributed by atoms with van der Waals surface area (Å²) in [6, 6.07) is 1.50. The highest BCUT2D eigenvalue weighted by Gasteiger charge is 2.46. The molecule has 11 heteroatoms. The molecule has 0 bridgehead atoms. The highest BCUT2D eigenvalue weighted by atomic mass is 19.4. The van der Waals surface area contributed by atoms with E-state index in [-0.39, 0.29) is 23.1 Å². The Balaban J connectivity index is 1.96. The Morgan fingerprint density at radius 2 is 1.93 bits per heavy atom. The molecule has 2 N–H and O–H groups in total. The third-order valence-electron chi connectivity index (χ3n) is 4.56. The van der Waals surface area contributed by atoms with Crippen molar-refractivity contribution in [2.75, 3.05) is 6.61 Å². The number of benzene rings is 1. The summed E-state index contributed by atoms with van der Waals surface area (Å²) >= 11 is 0. The molecule has 30 heavy (non-hydrogen) atoms. The largest absolute Gasteiger partial charge is 0.464 e. The summed E-state index contributed by atoms with van der Waals surface area (Å²) in [6.07, 6.45) is -2.76. The number of rotatable bonds is 3. The Bertz CT molecular complexity index is 1270. The van der Waals surface area contributed by atoms with Crippen molar-refractivity contribution in [1.29, 1.82) is 0 Å². The first-order chi connectivity index (χ1) is 14.2. The second kappa shape index (κ2) is 6.94. The molecule has 4 rings (SSSR count). The molecule has 2 aromatic heterocycles. The summed E-state index contributed by atoms with van der Waals surface area (Å²) in [5, 5.41) is 4.29. The zero-order chi connectivity index (χ0) is 21.6. The zero-order valence-corrected chi connectivity index (χ0v) is 15.3. The maximum Gasteiger partial charge on any atom is 0.432 e. The first-order valence-electron chi connectivity index (χ1n) is 8.70. The summed E-state index contributed by atoms with van der Waals surface area (Å²) in [4.78, 5) is 37.3. The fourth-order valence-corrected chi connectivity index (χ4v) is 3.30. The zero-order valence-electron chi connectivity index (χ0n) is 15.3. The van der Waals surface area contributed by atoms with Crippen LogP contribution in [0.2, 0.25) is 0 Å². The van der Waals surface area contributed by atoms with Crippen molar-refractivity contribution in [3.8, 4) is 0 Å². The van der Waals surface area contributed by atoms with Crippen LogP contribution in [-0.2, 0) is 9.53 Å². The number of ether oxygens (including phenoxy) is 1. The van der Waals surface area contributed by atoms with Crippen molar-refractivity contribution < 1.29 is 36.3 Å². The van der Waals surface area contributed by atoms with Gasteiger partial charge in [-0.2, -0.15) is 13.2 Å². The quantitative estimate of drug-likeness (QED) is 0.627. The Morgan fingerprint density at radius 3 is 2.63 bits per heavy atom. The number of hydrogen-bond acceptors (Lipinski definition) is 6. The van der Waals surface area contributed by atoms with Gasteiger partial charge in [0.1, 0.15) is 23.1 Å². The number of carbonyl (C=O) groups is 2. The summed E-state index contributed by atoms with van der Waals surface area (Å²) in [5.41, 5.74) is -3.01. The minimum atomic E-state index is -5.07. The lowest BCUT2D eigenvalue weighted by atomic mass is 9.95. The first kappa shape index (κ1) is 19.6. The molecule has 2 amide bonds. The number of allylic oxidation sites excluding steroid dienone is 1. The summed E-state index contributed by atoms with van der Waals surface area (Å²) in [6.45, 7) is 1.20. The number of halogens is 3. The molecule has 3 aromatic rings. The van der Waals surface area contributed by atoms with E-state index in [0.717, 1.165) is 6.26 Å². The van der Waals surface area contributed by atoms with Crippen LogP contribution in [0.3, 0.4) is 0 Å². The predicted molar refractivity (Wildman–Crippen MR) is 96.4 cm³/mol. The van der Waals surface area contributed by atoms with Gasteiger partial charge in [0.05, 0.1) is 40.8 Å². The number of esters is 1. The molecule has 8 nitrogen and oxygen atoms in total. The molecule has 0 aliphatic carbocycles. The van der Waals surface area contributed by atoms with E-state index in [1.807, 2.05) is 0 Å². The maximum absolute atomic E-state index is 13.5. The van der Waals surface area contributed by atoms with E-state index >= 15 is 0 Å². The van der Waals surface area contributed by atoms with Crippen LogP contribution in [0.5, 0.6) is 0 Å². The molecule has 0 fully saturated rings. The highest BCUT2D eigenvalue weighted by Crippen LogP contribution is 2.35. The number of fused-ring (bicyclic) bond motifs is 3. The van der Waals surface area contributed by atoms with Crippen LogP contribution in [-0.4, -0.2) is 24.8 Å². The van der Waals surface area contributed by atoms with Gasteiger partial charge < -0.3 is 24.2 Å². The molecule has 0 saturated carbocycles. The van der Waals surface area contributed by atoms with Crippen LogP contribution in [0.4, 0.5) is 18.0 Å². The van der Waals surface area contributed by atoms with E-state index in [2.05, 4.69) is 5.32 Å². The van der Waals surface area contributed by atoms with Crippen LogP contribution < -0.4 is 16.1 Å². The van der Waals surface area contributed by atoms with Gasteiger partial charge in [0.2, 0.25) is 0 Å². The minimum Gasteiger partial charge on any atom is -0.464 e. The van der Waals surface area contributed by atoms with Gasteiger partial charge in [-0.05, 0) is 25.1 Å². The smallest absolute Gasteiger partial charge is 0.432 e. The fraction of sp³-hybridized carbons (Fsp3) is 0.211. The second-order valence-electron chi connectivity index (χ2n) is 6.33. The minimum absolute atomic E-state index is 0.0472. The standard InChI is InChI=1S/C19H13F3N2O6/c1-2-28-17(26)12-13(23-18(27)24-16(12)19(20,21)22)10-7-30-15-8-5-6-29-11(8)4-3-9(15)14(10)25/h3-7,13H,2H2,1H3,(H2,23,24,27). The summed E-state index contributed by atoms with van der Waals surface area (Å²) in [7, 11) is 0. The van der Waals surface area contributed by atoms with Gasteiger partial charge in [-0.3, -0.25) is 4.79 Å². The molecule has 1 aliphatic heterocycles. The maximum atomic E-state index is 13.5. The van der Waals surface area contributed by atoms with Gasteiger partial charge in [-0.1, -0.05) is 0 Å². The number of nitrogens with one attached hydrogen (secondary N) is 2. The SMILES string of the molecule is CCOC(=O)C1=C(C(F)(F)F)NC(=O)NC1c1coc2c(ccc3occc32)c1=O. The van der Waals surface area contributed by atoms with E-state index in [1.165, 1.54) is 25.3 Å². The van der Waals surface area contributed by atoms with Crippen molar-refractivity contribution in [2.24, 2.45) is 0 Å². The molecule has 0 saturated heterocycles. The number of carbonyl (C=O) groups excluding carboxylic acids is 2. The molecule has 1 unspecified atom stereocenters. The summed E-state index contributed by atoms with van der Waals surface area (Å²) in [5.74, 6) is -1.33. The van der Waals surface area contributed by atoms with Crippen molar-refractivity contribution in [3.63, 3.8) is 0 Å². The van der Waals surface area contributed by atoms with Crippen molar-refractivity contribution in [1.82, 2.24) is 10.6 Å². The number of hydrogen-bond donors (Lipinski definition) is 2. The van der Waals surface area contributed by atoms with Crippen LogP contribution in [0.25, 0.3) is 21.9 Å². The van der Waals surface area contributed by atoms with Crippen molar-refractivity contribution in [3.05, 3.63) is 57.8 Å². The predicted octanol–water partition coefficient (Wildman–Crippen LogP) is 3.27. The Hall–Kier alpha value is -3.76. The lowest BCUT2D eigenvalue weighted by Crippen LogP contribution is -2.50. The van der Waals surface area contributed by atoms with E-state index in [0.29, 0.717) is 11.0 Å². The highest BCUT2D eigenvalue weighted by molar-refractivity contribution is 6.02. The monoisotopic (exact) mass is 422 g/mol. The molecule has 0 spiro atoms.